The van der Waals surface area contributed by atoms with Gasteiger partial charge in [0.15, 0.2) is 0 Å². The Morgan fingerprint density at radius 2 is 2.20 bits per heavy atom. The fourth-order valence-electron chi connectivity index (χ4n) is 3.16. The van der Waals surface area contributed by atoms with Crippen LogP contribution < -0.4 is 0 Å². The molecule has 2 aliphatic rings. The van der Waals surface area contributed by atoms with Gasteiger partial charge in [0.2, 0.25) is 0 Å². The second-order valence-electron chi connectivity index (χ2n) is 4.67. The predicted octanol–water partition coefficient (Wildman–Crippen LogP) is 0.381. The van der Waals surface area contributed by atoms with E-state index in [9.17, 15) is 14.7 Å². The predicted molar refractivity (Wildman–Crippen MR) is 51.9 cm³/mol. The summed E-state index contributed by atoms with van der Waals surface area (Å²) < 4.78 is 4.64. The molecule has 84 valence electrons. The molecule has 2 aliphatic carbocycles. The highest BCUT2D eigenvalue weighted by molar-refractivity contribution is 6.00. The van der Waals surface area contributed by atoms with E-state index in [2.05, 4.69) is 4.74 Å². The van der Waals surface area contributed by atoms with Gasteiger partial charge >= 0.3 is 5.97 Å². The van der Waals surface area contributed by atoms with Crippen LogP contribution in [-0.2, 0) is 14.3 Å². The molecule has 0 amide bonds. The van der Waals surface area contributed by atoms with Gasteiger partial charge in [0.05, 0.1) is 13.2 Å². The fourth-order valence-corrected chi connectivity index (χ4v) is 3.16. The van der Waals surface area contributed by atoms with Gasteiger partial charge in [-0.2, -0.15) is 0 Å². The first-order valence-electron chi connectivity index (χ1n) is 5.35. The molecule has 5 atom stereocenters. The van der Waals surface area contributed by atoms with E-state index >= 15 is 0 Å². The van der Waals surface area contributed by atoms with Crippen molar-refractivity contribution in [2.45, 2.75) is 25.9 Å². The smallest absolute Gasteiger partial charge is 0.316 e. The lowest BCUT2D eigenvalue weighted by Gasteiger charge is -2.32. The van der Waals surface area contributed by atoms with Crippen LogP contribution >= 0.6 is 0 Å². The highest BCUT2D eigenvalue weighted by Crippen LogP contribution is 2.48. The van der Waals surface area contributed by atoms with Crippen LogP contribution in [0.4, 0.5) is 0 Å². The Morgan fingerprint density at radius 3 is 2.80 bits per heavy atom. The number of hydrogen-bond donors (Lipinski definition) is 1. The molecule has 4 nitrogen and oxygen atoms in total. The first-order valence-corrected chi connectivity index (χ1v) is 5.35. The molecule has 0 aromatic rings. The number of fused-ring (bicyclic) bond motifs is 2. The number of carbonyl (C=O) groups is 2. The lowest BCUT2D eigenvalue weighted by atomic mass is 9.72. The van der Waals surface area contributed by atoms with Crippen LogP contribution in [0, 0.1) is 23.7 Å². The first-order chi connectivity index (χ1) is 7.06. The van der Waals surface area contributed by atoms with Crippen molar-refractivity contribution in [2.24, 2.45) is 23.7 Å². The molecule has 1 N–H and O–H groups in total. The maximum Gasteiger partial charge on any atom is 0.316 e. The lowest BCUT2D eigenvalue weighted by Crippen LogP contribution is -2.42. The van der Waals surface area contributed by atoms with Gasteiger partial charge in [0, 0.05) is 12.3 Å². The fraction of sp³-hybridized carbons (Fsp3) is 0.818. The summed E-state index contributed by atoms with van der Waals surface area (Å²) in [6.07, 6.45) is 0.528. The summed E-state index contributed by atoms with van der Waals surface area (Å²) in [5.74, 6) is -1.04. The molecule has 0 spiro atoms. The van der Waals surface area contributed by atoms with Gasteiger partial charge in [0.25, 0.3) is 0 Å². The third-order valence-electron chi connectivity index (χ3n) is 3.99. The minimum Gasteiger partial charge on any atom is -0.468 e. The Bertz CT molecular complexity index is 299. The van der Waals surface area contributed by atoms with E-state index in [-0.39, 0.29) is 23.5 Å². The average Bonchev–Trinajstić information content (AvgIpc) is 2.38. The van der Waals surface area contributed by atoms with E-state index in [4.69, 9.17) is 0 Å². The molecule has 0 aliphatic heterocycles. The molecule has 0 aromatic carbocycles. The normalized spacial score (nSPS) is 44.2. The Kier molecular flexibility index (Phi) is 2.54. The standard InChI is InChI=1S/C11H16O4/c1-5-6-3-7(12)9(5)10(8(13)4-6)11(14)15-2/h5-7,9-10,12H,3-4H2,1-2H3/t5?,6-,7+,9+,10-/m0/s1. The molecule has 4 heteroatoms. The number of aliphatic hydroxyl groups is 1. The van der Waals surface area contributed by atoms with Crippen molar-refractivity contribution >= 4 is 11.8 Å². The topological polar surface area (TPSA) is 63.6 Å². The number of Topliss-reactive ketones (excluding diaryl/α,β-unsaturated/α-hetero) is 1. The van der Waals surface area contributed by atoms with Crippen LogP contribution in [0.5, 0.6) is 0 Å². The first kappa shape index (κ1) is 10.6. The van der Waals surface area contributed by atoms with Crippen LogP contribution in [0.3, 0.4) is 0 Å². The highest BCUT2D eigenvalue weighted by Gasteiger charge is 2.54. The molecule has 2 bridgehead atoms. The summed E-state index contributed by atoms with van der Waals surface area (Å²) in [4.78, 5) is 23.2. The van der Waals surface area contributed by atoms with E-state index in [1.807, 2.05) is 6.92 Å². The maximum absolute atomic E-state index is 11.7. The van der Waals surface area contributed by atoms with Gasteiger partial charge in [-0.1, -0.05) is 6.92 Å². The number of carbonyl (C=O) groups excluding carboxylic acids is 2. The number of aliphatic hydroxyl groups excluding tert-OH is 1. The average molecular weight is 212 g/mol. The van der Waals surface area contributed by atoms with Gasteiger partial charge < -0.3 is 9.84 Å². The maximum atomic E-state index is 11.7. The van der Waals surface area contributed by atoms with Crippen LogP contribution in [0.25, 0.3) is 0 Å². The van der Waals surface area contributed by atoms with Crippen molar-refractivity contribution in [1.82, 2.24) is 0 Å². The Hall–Kier alpha value is -0.900. The summed E-state index contributed by atoms with van der Waals surface area (Å²) in [6.45, 7) is 2.01. The summed E-state index contributed by atoms with van der Waals surface area (Å²) >= 11 is 0. The number of esters is 1. The lowest BCUT2D eigenvalue weighted by molar-refractivity contribution is -0.156. The minimum atomic E-state index is -0.737. The second-order valence-corrected chi connectivity index (χ2v) is 4.67. The van der Waals surface area contributed by atoms with E-state index < -0.39 is 18.0 Å². The van der Waals surface area contributed by atoms with Crippen molar-refractivity contribution in [3.63, 3.8) is 0 Å². The number of rotatable bonds is 1. The van der Waals surface area contributed by atoms with E-state index in [0.29, 0.717) is 12.8 Å². The van der Waals surface area contributed by atoms with Gasteiger partial charge in [-0.05, 0) is 18.3 Å². The van der Waals surface area contributed by atoms with Crippen LogP contribution in [0.15, 0.2) is 0 Å². The Morgan fingerprint density at radius 1 is 1.53 bits per heavy atom. The molecular formula is C11H16O4. The number of ketones is 1. The zero-order valence-corrected chi connectivity index (χ0v) is 8.97. The number of hydrogen-bond acceptors (Lipinski definition) is 4. The Labute approximate surface area is 88.6 Å². The zero-order chi connectivity index (χ0) is 11.2. The zero-order valence-electron chi connectivity index (χ0n) is 8.97. The van der Waals surface area contributed by atoms with Gasteiger partial charge in [-0.3, -0.25) is 9.59 Å². The van der Waals surface area contributed by atoms with Gasteiger partial charge in [-0.15, -0.1) is 0 Å². The molecule has 15 heavy (non-hydrogen) atoms. The largest absolute Gasteiger partial charge is 0.468 e. The monoisotopic (exact) mass is 212 g/mol. The van der Waals surface area contributed by atoms with Crippen molar-refractivity contribution in [3.05, 3.63) is 0 Å². The summed E-state index contributed by atoms with van der Waals surface area (Å²) in [7, 11) is 1.29. The molecule has 0 saturated heterocycles. The Balaban J connectivity index is 2.29. The molecule has 2 fully saturated rings. The van der Waals surface area contributed by atoms with Crippen molar-refractivity contribution < 1.29 is 19.4 Å². The van der Waals surface area contributed by atoms with Crippen LogP contribution in [0.1, 0.15) is 19.8 Å². The summed E-state index contributed by atoms with van der Waals surface area (Å²) in [5, 5.41) is 9.84. The van der Waals surface area contributed by atoms with Gasteiger partial charge in [0.1, 0.15) is 11.7 Å². The minimum absolute atomic E-state index is 0.0634. The van der Waals surface area contributed by atoms with Crippen LogP contribution in [0.2, 0.25) is 0 Å². The molecule has 0 radical (unpaired) electrons. The van der Waals surface area contributed by atoms with E-state index in [1.54, 1.807) is 0 Å². The third kappa shape index (κ3) is 1.47. The second kappa shape index (κ2) is 3.59. The van der Waals surface area contributed by atoms with Crippen molar-refractivity contribution in [2.75, 3.05) is 7.11 Å². The summed E-state index contributed by atoms with van der Waals surface area (Å²) in [5.41, 5.74) is 0. The highest BCUT2D eigenvalue weighted by atomic mass is 16.5. The molecule has 0 aromatic heterocycles. The molecule has 1 unspecified atom stereocenters. The number of ether oxygens (including phenoxy) is 1. The summed E-state index contributed by atoms with van der Waals surface area (Å²) in [6, 6.07) is 0. The van der Waals surface area contributed by atoms with Crippen molar-refractivity contribution in [3.8, 4) is 0 Å². The van der Waals surface area contributed by atoms with Gasteiger partial charge in [-0.25, -0.2) is 0 Å². The molecule has 2 saturated carbocycles. The van der Waals surface area contributed by atoms with E-state index in [0.717, 1.165) is 0 Å². The quantitative estimate of drug-likeness (QED) is 0.504. The molecular weight excluding hydrogens is 196 g/mol. The molecule has 2 rings (SSSR count). The SMILES string of the molecule is COC(=O)[C@H]1C(=O)C[C@@H]2C[C@@H](O)[C@H]1C2C. The van der Waals surface area contributed by atoms with Crippen LogP contribution in [-0.4, -0.2) is 30.1 Å². The van der Waals surface area contributed by atoms with Crippen molar-refractivity contribution in [1.29, 1.82) is 0 Å². The number of methoxy groups -OCH3 is 1. The third-order valence-corrected chi connectivity index (χ3v) is 3.99. The molecule has 0 heterocycles. The van der Waals surface area contributed by atoms with E-state index in [1.165, 1.54) is 7.11 Å².